The molecule has 2 heterocycles. The fraction of sp³-hybridized carbons (Fsp3) is 0.647. The Hall–Kier alpha value is -1.22. The first-order valence-corrected chi connectivity index (χ1v) is 7.97. The van der Waals surface area contributed by atoms with Crippen LogP contribution in [0.15, 0.2) is 24.3 Å². The zero-order chi connectivity index (χ0) is 13.9. The van der Waals surface area contributed by atoms with Crippen LogP contribution in [0.1, 0.15) is 39.0 Å². The second kappa shape index (κ2) is 6.04. The maximum atomic E-state index is 5.37. The molecule has 20 heavy (non-hydrogen) atoms. The van der Waals surface area contributed by atoms with Gasteiger partial charge in [-0.3, -0.25) is 0 Å². The van der Waals surface area contributed by atoms with Gasteiger partial charge in [0, 0.05) is 29.9 Å². The third kappa shape index (κ3) is 2.64. The number of rotatable bonds is 5. The molecule has 3 nitrogen and oxygen atoms in total. The summed E-state index contributed by atoms with van der Waals surface area (Å²) in [5.41, 5.74) is 1.34. The Morgan fingerprint density at radius 3 is 2.65 bits per heavy atom. The summed E-state index contributed by atoms with van der Waals surface area (Å²) >= 11 is 0. The van der Waals surface area contributed by atoms with Gasteiger partial charge in [-0.05, 0) is 50.8 Å². The van der Waals surface area contributed by atoms with Crippen LogP contribution >= 0.6 is 0 Å². The fourth-order valence-electron chi connectivity index (χ4n) is 3.88. The van der Waals surface area contributed by atoms with Gasteiger partial charge in [0.25, 0.3) is 0 Å². The highest BCUT2D eigenvalue weighted by molar-refractivity contribution is 5.54. The Balaban J connectivity index is 1.73. The van der Waals surface area contributed by atoms with Crippen LogP contribution < -0.4 is 15.0 Å². The highest BCUT2D eigenvalue weighted by Crippen LogP contribution is 2.40. The summed E-state index contributed by atoms with van der Waals surface area (Å²) in [5, 5.41) is 3.72. The van der Waals surface area contributed by atoms with Crippen LogP contribution in [0.2, 0.25) is 0 Å². The molecule has 0 saturated carbocycles. The van der Waals surface area contributed by atoms with Gasteiger partial charge < -0.3 is 15.0 Å². The summed E-state index contributed by atoms with van der Waals surface area (Å²) in [6.45, 7) is 3.40. The third-order valence-electron chi connectivity index (χ3n) is 4.77. The molecule has 0 aromatic heterocycles. The van der Waals surface area contributed by atoms with Crippen molar-refractivity contribution in [2.75, 3.05) is 18.6 Å². The lowest BCUT2D eigenvalue weighted by Crippen LogP contribution is -2.49. The molecule has 1 aromatic rings. The molecule has 2 aliphatic rings. The molecule has 0 amide bonds. The van der Waals surface area contributed by atoms with Crippen LogP contribution in [0, 0.1) is 0 Å². The minimum atomic E-state index is 0.704. The van der Waals surface area contributed by atoms with Crippen molar-refractivity contribution < 1.29 is 4.74 Å². The summed E-state index contributed by atoms with van der Waals surface area (Å²) in [4.78, 5) is 2.65. The van der Waals surface area contributed by atoms with Crippen LogP contribution in [0.3, 0.4) is 0 Å². The summed E-state index contributed by atoms with van der Waals surface area (Å²) in [6, 6.07) is 10.7. The van der Waals surface area contributed by atoms with Crippen molar-refractivity contribution in [2.45, 2.75) is 57.2 Å². The number of nitrogens with one attached hydrogen (secondary N) is 1. The van der Waals surface area contributed by atoms with Gasteiger partial charge in [-0.25, -0.2) is 0 Å². The van der Waals surface area contributed by atoms with E-state index in [2.05, 4.69) is 35.3 Å². The molecule has 3 rings (SSSR count). The summed E-state index contributed by atoms with van der Waals surface area (Å²) < 4.78 is 5.37. The number of benzene rings is 1. The van der Waals surface area contributed by atoms with E-state index in [1.807, 2.05) is 6.07 Å². The van der Waals surface area contributed by atoms with Gasteiger partial charge in [-0.15, -0.1) is 0 Å². The zero-order valence-electron chi connectivity index (χ0n) is 12.6. The normalized spacial score (nSPS) is 28.7. The van der Waals surface area contributed by atoms with E-state index in [1.54, 1.807) is 7.11 Å². The van der Waals surface area contributed by atoms with E-state index in [0.29, 0.717) is 18.1 Å². The van der Waals surface area contributed by atoms with Gasteiger partial charge in [-0.1, -0.05) is 13.0 Å². The van der Waals surface area contributed by atoms with E-state index >= 15 is 0 Å². The van der Waals surface area contributed by atoms with Crippen molar-refractivity contribution in [3.8, 4) is 5.75 Å². The Morgan fingerprint density at radius 1 is 1.25 bits per heavy atom. The van der Waals surface area contributed by atoms with Gasteiger partial charge >= 0.3 is 0 Å². The lowest BCUT2D eigenvalue weighted by atomic mass is 9.96. The highest BCUT2D eigenvalue weighted by Gasteiger charge is 2.40. The molecule has 3 heteroatoms. The number of nitrogens with zero attached hydrogens (tertiary/aromatic N) is 1. The zero-order valence-corrected chi connectivity index (χ0v) is 12.6. The number of fused-ring (bicyclic) bond motifs is 2. The number of ether oxygens (including phenoxy) is 1. The molecule has 2 atom stereocenters. The maximum Gasteiger partial charge on any atom is 0.120 e. The number of hydrogen-bond donors (Lipinski definition) is 1. The van der Waals surface area contributed by atoms with Gasteiger partial charge in [0.1, 0.15) is 5.75 Å². The second-order valence-electron chi connectivity index (χ2n) is 6.12. The number of anilines is 1. The van der Waals surface area contributed by atoms with Gasteiger partial charge in [0.15, 0.2) is 0 Å². The minimum absolute atomic E-state index is 0.704. The SMILES string of the molecule is CCCNC1CC2CCC(C1)N2c1cccc(OC)c1. The Kier molecular flexibility index (Phi) is 4.16. The van der Waals surface area contributed by atoms with Gasteiger partial charge in [0.05, 0.1) is 7.11 Å². The van der Waals surface area contributed by atoms with Crippen LogP contribution in [-0.2, 0) is 0 Å². The molecule has 2 aliphatic heterocycles. The van der Waals surface area contributed by atoms with E-state index in [1.165, 1.54) is 37.8 Å². The lowest BCUT2D eigenvalue weighted by molar-refractivity contribution is 0.356. The minimum Gasteiger partial charge on any atom is -0.497 e. The molecule has 2 fully saturated rings. The molecular formula is C17H26N2O. The predicted molar refractivity (Wildman–Crippen MR) is 83.6 cm³/mol. The van der Waals surface area contributed by atoms with E-state index in [4.69, 9.17) is 4.74 Å². The topological polar surface area (TPSA) is 24.5 Å². The van der Waals surface area contributed by atoms with E-state index in [-0.39, 0.29) is 0 Å². The summed E-state index contributed by atoms with van der Waals surface area (Å²) in [7, 11) is 1.74. The van der Waals surface area contributed by atoms with Crippen LogP contribution in [-0.4, -0.2) is 31.8 Å². The average Bonchev–Trinajstić information content (AvgIpc) is 2.76. The number of piperidine rings is 1. The molecule has 1 N–H and O–H groups in total. The smallest absolute Gasteiger partial charge is 0.120 e. The van der Waals surface area contributed by atoms with E-state index in [0.717, 1.165) is 12.3 Å². The lowest BCUT2D eigenvalue weighted by Gasteiger charge is -2.41. The number of methoxy groups -OCH3 is 1. The molecule has 0 radical (unpaired) electrons. The van der Waals surface area contributed by atoms with Crippen LogP contribution in [0.5, 0.6) is 5.75 Å². The molecule has 2 unspecified atom stereocenters. The maximum absolute atomic E-state index is 5.37. The summed E-state index contributed by atoms with van der Waals surface area (Å²) in [6.07, 6.45) is 6.48. The third-order valence-corrected chi connectivity index (χ3v) is 4.77. The highest BCUT2D eigenvalue weighted by atomic mass is 16.5. The van der Waals surface area contributed by atoms with Crippen molar-refractivity contribution in [3.63, 3.8) is 0 Å². The standard InChI is InChI=1S/C17H26N2O/c1-3-9-18-13-10-15-7-8-16(11-13)19(15)14-5-4-6-17(12-14)20-2/h4-6,12-13,15-16,18H,3,7-11H2,1-2H3. The Morgan fingerprint density at radius 2 is 2.00 bits per heavy atom. The quantitative estimate of drug-likeness (QED) is 0.892. The van der Waals surface area contributed by atoms with E-state index < -0.39 is 0 Å². The van der Waals surface area contributed by atoms with E-state index in [9.17, 15) is 0 Å². The average molecular weight is 274 g/mol. The van der Waals surface area contributed by atoms with Gasteiger partial charge in [0.2, 0.25) is 0 Å². The Bertz CT molecular complexity index is 434. The molecule has 1 aromatic carbocycles. The fourth-order valence-corrected chi connectivity index (χ4v) is 3.88. The first-order chi connectivity index (χ1) is 9.81. The second-order valence-corrected chi connectivity index (χ2v) is 6.12. The molecule has 0 spiro atoms. The van der Waals surface area contributed by atoms with Crippen molar-refractivity contribution >= 4 is 5.69 Å². The molecule has 110 valence electrons. The molecular weight excluding hydrogens is 248 g/mol. The van der Waals surface area contributed by atoms with Crippen LogP contribution in [0.25, 0.3) is 0 Å². The Labute approximate surface area is 122 Å². The summed E-state index contributed by atoms with van der Waals surface area (Å²) in [5.74, 6) is 0.966. The monoisotopic (exact) mass is 274 g/mol. The first kappa shape index (κ1) is 13.7. The van der Waals surface area contributed by atoms with Crippen molar-refractivity contribution in [1.29, 1.82) is 0 Å². The molecule has 2 bridgehead atoms. The van der Waals surface area contributed by atoms with Crippen molar-refractivity contribution in [3.05, 3.63) is 24.3 Å². The van der Waals surface area contributed by atoms with Crippen LogP contribution in [0.4, 0.5) is 5.69 Å². The number of hydrogen-bond acceptors (Lipinski definition) is 3. The van der Waals surface area contributed by atoms with Crippen molar-refractivity contribution in [1.82, 2.24) is 5.32 Å². The largest absolute Gasteiger partial charge is 0.497 e. The molecule has 2 saturated heterocycles. The van der Waals surface area contributed by atoms with Crippen molar-refractivity contribution in [2.24, 2.45) is 0 Å². The van der Waals surface area contributed by atoms with Gasteiger partial charge in [-0.2, -0.15) is 0 Å². The predicted octanol–water partition coefficient (Wildman–Crippen LogP) is 3.19. The first-order valence-electron chi connectivity index (χ1n) is 7.97. The molecule has 0 aliphatic carbocycles.